The molecule has 0 saturated heterocycles. The topological polar surface area (TPSA) is 63.4 Å². The molecule has 0 radical (unpaired) electrons. The molecular weight excluding hydrogens is 468 g/mol. The van der Waals surface area contributed by atoms with Crippen LogP contribution in [0.2, 0.25) is 0 Å². The molecule has 7 heteroatoms. The van der Waals surface area contributed by atoms with E-state index in [2.05, 4.69) is 53.5 Å². The number of aromatic nitrogens is 2. The van der Waals surface area contributed by atoms with E-state index in [-0.39, 0.29) is 6.04 Å². The Labute approximate surface area is 216 Å². The lowest BCUT2D eigenvalue weighted by Gasteiger charge is -2.37. The van der Waals surface area contributed by atoms with Gasteiger partial charge in [-0.15, -0.1) is 0 Å². The summed E-state index contributed by atoms with van der Waals surface area (Å²) in [5.74, 6) is 1.84. The van der Waals surface area contributed by atoms with Crippen molar-refractivity contribution in [1.29, 1.82) is 0 Å². The zero-order valence-electron chi connectivity index (χ0n) is 20.6. The monoisotopic (exact) mass is 496 g/mol. The molecule has 2 heterocycles. The van der Waals surface area contributed by atoms with Crippen molar-refractivity contribution < 1.29 is 9.26 Å². The Bertz CT molecular complexity index is 1380. The fraction of sp³-hybridized carbons (Fsp3) is 0.207. The summed E-state index contributed by atoms with van der Waals surface area (Å²) in [5.41, 5.74) is 6.19. The number of nitrogens with one attached hydrogen (secondary N) is 1. The third-order valence-corrected chi connectivity index (χ3v) is 6.61. The van der Waals surface area contributed by atoms with Crippen molar-refractivity contribution in [3.8, 4) is 17.1 Å². The SMILES string of the molecule is CCOc1ccc(C2NC(=S)N(Cc3ccc(C)cc3)C(C)=C2c2nc(-c3ccccc3)no2)cc1. The zero-order valence-corrected chi connectivity index (χ0v) is 21.4. The van der Waals surface area contributed by atoms with Gasteiger partial charge in [-0.2, -0.15) is 4.98 Å². The lowest BCUT2D eigenvalue weighted by molar-refractivity contribution is 0.340. The van der Waals surface area contributed by atoms with Crippen molar-refractivity contribution in [3.05, 3.63) is 107 Å². The highest BCUT2D eigenvalue weighted by atomic mass is 32.1. The van der Waals surface area contributed by atoms with E-state index in [1.807, 2.05) is 61.5 Å². The third kappa shape index (κ3) is 4.88. The molecule has 1 aliphatic rings. The lowest BCUT2D eigenvalue weighted by Crippen LogP contribution is -2.45. The average molecular weight is 497 g/mol. The van der Waals surface area contributed by atoms with Gasteiger partial charge in [0.05, 0.1) is 18.2 Å². The van der Waals surface area contributed by atoms with Crippen LogP contribution in [0, 0.1) is 6.92 Å². The maximum atomic E-state index is 5.85. The molecule has 0 amide bonds. The maximum Gasteiger partial charge on any atom is 0.258 e. The fourth-order valence-electron chi connectivity index (χ4n) is 4.34. The highest BCUT2D eigenvalue weighted by Gasteiger charge is 2.34. The quantitative estimate of drug-likeness (QED) is 0.301. The van der Waals surface area contributed by atoms with Gasteiger partial charge in [0.2, 0.25) is 5.82 Å². The average Bonchev–Trinajstić information content (AvgIpc) is 3.38. The van der Waals surface area contributed by atoms with Crippen LogP contribution in [0.15, 0.2) is 89.1 Å². The van der Waals surface area contributed by atoms with Crippen LogP contribution >= 0.6 is 12.2 Å². The predicted octanol–water partition coefficient (Wildman–Crippen LogP) is 6.31. The Kier molecular flexibility index (Phi) is 6.82. The van der Waals surface area contributed by atoms with Gasteiger partial charge in [0.1, 0.15) is 5.75 Å². The Morgan fingerprint density at radius 3 is 2.39 bits per heavy atom. The van der Waals surface area contributed by atoms with Crippen molar-refractivity contribution >= 4 is 22.9 Å². The van der Waals surface area contributed by atoms with Gasteiger partial charge in [-0.25, -0.2) is 0 Å². The van der Waals surface area contributed by atoms with E-state index in [1.54, 1.807) is 0 Å². The summed E-state index contributed by atoms with van der Waals surface area (Å²) < 4.78 is 11.5. The Hall–Kier alpha value is -3.97. The number of allylic oxidation sites excluding steroid dienone is 1. The van der Waals surface area contributed by atoms with Gasteiger partial charge >= 0.3 is 0 Å². The van der Waals surface area contributed by atoms with E-state index < -0.39 is 0 Å². The molecule has 36 heavy (non-hydrogen) atoms. The zero-order chi connectivity index (χ0) is 25.1. The molecular formula is C29H28N4O2S. The number of rotatable bonds is 7. The van der Waals surface area contributed by atoms with Crippen molar-refractivity contribution in [1.82, 2.24) is 20.4 Å². The molecule has 0 aliphatic carbocycles. The van der Waals surface area contributed by atoms with Gasteiger partial charge in [-0.3, -0.25) is 0 Å². The minimum Gasteiger partial charge on any atom is -0.494 e. The first-order valence-corrected chi connectivity index (χ1v) is 12.4. The molecule has 0 bridgehead atoms. The van der Waals surface area contributed by atoms with Crippen LogP contribution < -0.4 is 10.1 Å². The number of nitrogens with zero attached hydrogens (tertiary/aromatic N) is 3. The molecule has 182 valence electrons. The fourth-order valence-corrected chi connectivity index (χ4v) is 4.65. The molecule has 4 aromatic rings. The first-order chi connectivity index (χ1) is 17.5. The molecule has 6 nitrogen and oxygen atoms in total. The summed E-state index contributed by atoms with van der Waals surface area (Å²) in [7, 11) is 0. The summed E-state index contributed by atoms with van der Waals surface area (Å²) in [6.45, 7) is 7.37. The second-order valence-electron chi connectivity index (χ2n) is 8.74. The summed E-state index contributed by atoms with van der Waals surface area (Å²) in [5, 5.41) is 8.46. The van der Waals surface area contributed by atoms with Crippen LogP contribution in [0.25, 0.3) is 17.0 Å². The highest BCUT2D eigenvalue weighted by Crippen LogP contribution is 2.38. The molecule has 3 aromatic carbocycles. The number of ether oxygens (including phenoxy) is 1. The first kappa shape index (κ1) is 23.8. The van der Waals surface area contributed by atoms with E-state index in [0.717, 1.165) is 28.1 Å². The maximum absolute atomic E-state index is 5.85. The molecule has 1 aliphatic heterocycles. The molecule has 1 N–H and O–H groups in total. The van der Waals surface area contributed by atoms with Crippen molar-refractivity contribution in [3.63, 3.8) is 0 Å². The molecule has 0 spiro atoms. The Balaban J connectivity index is 1.57. The molecule has 0 saturated carbocycles. The van der Waals surface area contributed by atoms with Gasteiger partial charge in [-0.1, -0.05) is 77.5 Å². The number of hydrogen-bond donors (Lipinski definition) is 1. The van der Waals surface area contributed by atoms with Crippen LogP contribution in [0.3, 0.4) is 0 Å². The number of benzene rings is 3. The predicted molar refractivity (Wildman–Crippen MR) is 145 cm³/mol. The van der Waals surface area contributed by atoms with Gasteiger partial charge in [-0.05, 0) is 56.2 Å². The molecule has 1 aromatic heterocycles. The molecule has 5 rings (SSSR count). The normalized spacial score (nSPS) is 15.7. The van der Waals surface area contributed by atoms with E-state index in [9.17, 15) is 0 Å². The summed E-state index contributed by atoms with van der Waals surface area (Å²) >= 11 is 5.85. The molecule has 1 unspecified atom stereocenters. The minimum absolute atomic E-state index is 0.244. The second kappa shape index (κ2) is 10.3. The summed E-state index contributed by atoms with van der Waals surface area (Å²) in [4.78, 5) is 6.88. The Morgan fingerprint density at radius 2 is 1.69 bits per heavy atom. The van der Waals surface area contributed by atoms with Crippen LogP contribution in [0.4, 0.5) is 0 Å². The Morgan fingerprint density at radius 1 is 0.972 bits per heavy atom. The standard InChI is InChI=1S/C29H28N4O2S/c1-4-34-24-16-14-22(15-17-24)26-25(28-31-27(32-35-28)23-8-6-5-7-9-23)20(3)33(29(36)30-26)18-21-12-10-19(2)11-13-21/h5-17,26H,4,18H2,1-3H3,(H,30,36). The highest BCUT2D eigenvalue weighted by molar-refractivity contribution is 7.80. The largest absolute Gasteiger partial charge is 0.494 e. The van der Waals surface area contributed by atoms with Gasteiger partial charge in [0, 0.05) is 17.8 Å². The van der Waals surface area contributed by atoms with Gasteiger partial charge in [0.25, 0.3) is 5.89 Å². The van der Waals surface area contributed by atoms with Crippen LogP contribution in [-0.4, -0.2) is 26.8 Å². The van der Waals surface area contributed by atoms with Crippen molar-refractivity contribution in [2.45, 2.75) is 33.4 Å². The number of aryl methyl sites for hydroxylation is 1. The van der Waals surface area contributed by atoms with Gasteiger partial charge < -0.3 is 19.5 Å². The smallest absolute Gasteiger partial charge is 0.258 e. The number of hydrogen-bond acceptors (Lipinski definition) is 5. The number of thiocarbonyl (C=S) groups is 1. The summed E-state index contributed by atoms with van der Waals surface area (Å²) in [6.07, 6.45) is 0. The first-order valence-electron chi connectivity index (χ1n) is 12.0. The van der Waals surface area contributed by atoms with Crippen LogP contribution in [0.5, 0.6) is 5.75 Å². The molecule has 1 atom stereocenters. The molecule has 0 fully saturated rings. The van der Waals surface area contributed by atoms with Crippen LogP contribution in [0.1, 0.15) is 42.5 Å². The van der Waals surface area contributed by atoms with E-state index in [4.69, 9.17) is 26.5 Å². The third-order valence-electron chi connectivity index (χ3n) is 6.27. The lowest BCUT2D eigenvalue weighted by atomic mass is 9.94. The van der Waals surface area contributed by atoms with Gasteiger partial charge in [0.15, 0.2) is 5.11 Å². The van der Waals surface area contributed by atoms with E-state index in [1.165, 1.54) is 11.1 Å². The summed E-state index contributed by atoms with van der Waals surface area (Å²) in [6, 6.07) is 26.1. The van der Waals surface area contributed by atoms with Crippen molar-refractivity contribution in [2.24, 2.45) is 0 Å². The van der Waals surface area contributed by atoms with Crippen molar-refractivity contribution in [2.75, 3.05) is 6.61 Å². The second-order valence-corrected chi connectivity index (χ2v) is 9.13. The van der Waals surface area contributed by atoms with Crippen LogP contribution in [-0.2, 0) is 6.54 Å². The minimum atomic E-state index is -0.244. The van der Waals surface area contributed by atoms with E-state index in [0.29, 0.717) is 30.0 Å². The van der Waals surface area contributed by atoms with E-state index >= 15 is 0 Å².